The molecule has 0 saturated carbocycles. The number of amides is 1. The number of azide groups is 1. The SMILES string of the molecule is [N-]=[N+]=NC[C@@H]1C[C@H](OC(F)(F)F)CN1C(=O)OCC1c2ccccc2-c2ccccc21. The first-order valence-electron chi connectivity index (χ1n) is 9.74. The second-order valence-corrected chi connectivity index (χ2v) is 7.44. The summed E-state index contributed by atoms with van der Waals surface area (Å²) in [7, 11) is 0. The number of likely N-dealkylation sites (tertiary alicyclic amines) is 1. The minimum Gasteiger partial charge on any atom is -0.448 e. The van der Waals surface area contributed by atoms with Crippen molar-refractivity contribution >= 4 is 6.09 Å². The van der Waals surface area contributed by atoms with Crippen molar-refractivity contribution in [2.75, 3.05) is 19.7 Å². The minimum atomic E-state index is -4.81. The van der Waals surface area contributed by atoms with Crippen LogP contribution in [0.5, 0.6) is 0 Å². The maximum atomic E-state index is 12.7. The van der Waals surface area contributed by atoms with Crippen LogP contribution in [-0.2, 0) is 9.47 Å². The summed E-state index contributed by atoms with van der Waals surface area (Å²) in [6.07, 6.45) is -6.90. The molecule has 10 heteroatoms. The van der Waals surface area contributed by atoms with E-state index in [9.17, 15) is 18.0 Å². The van der Waals surface area contributed by atoms with Crippen LogP contribution in [0.1, 0.15) is 23.5 Å². The standard InChI is InChI=1S/C21H19F3N4O3/c22-21(23,24)31-14-9-13(10-26-27-25)28(11-14)20(29)30-12-19-17-7-3-1-5-15(17)16-6-2-4-8-18(16)19/h1-8,13-14,19H,9-12H2/t13-,14-/m0/s1. The molecule has 1 saturated heterocycles. The van der Waals surface area contributed by atoms with E-state index >= 15 is 0 Å². The van der Waals surface area contributed by atoms with Gasteiger partial charge in [-0.15, -0.1) is 13.2 Å². The molecule has 1 fully saturated rings. The lowest BCUT2D eigenvalue weighted by Gasteiger charge is -2.24. The number of hydrogen-bond acceptors (Lipinski definition) is 4. The number of alkyl halides is 3. The van der Waals surface area contributed by atoms with E-state index in [2.05, 4.69) is 14.8 Å². The molecule has 4 rings (SSSR count). The van der Waals surface area contributed by atoms with Gasteiger partial charge in [0.15, 0.2) is 0 Å². The van der Waals surface area contributed by atoms with Gasteiger partial charge in [-0.05, 0) is 34.2 Å². The number of nitrogens with zero attached hydrogens (tertiary/aromatic N) is 4. The molecule has 162 valence electrons. The number of hydrogen-bond donors (Lipinski definition) is 0. The third kappa shape index (κ3) is 4.45. The van der Waals surface area contributed by atoms with E-state index < -0.39 is 24.6 Å². The number of rotatable bonds is 5. The number of benzene rings is 2. The maximum Gasteiger partial charge on any atom is 0.522 e. The molecule has 0 unspecified atom stereocenters. The van der Waals surface area contributed by atoms with Crippen molar-refractivity contribution in [2.24, 2.45) is 5.11 Å². The summed E-state index contributed by atoms with van der Waals surface area (Å²) in [5.41, 5.74) is 12.7. The van der Waals surface area contributed by atoms with Crippen molar-refractivity contribution in [3.05, 3.63) is 70.1 Å². The zero-order valence-corrected chi connectivity index (χ0v) is 16.3. The number of carbonyl (C=O) groups is 1. The minimum absolute atomic E-state index is 0.0440. The molecule has 1 aliphatic heterocycles. The summed E-state index contributed by atoms with van der Waals surface area (Å²) in [5.74, 6) is -0.170. The van der Waals surface area contributed by atoms with Gasteiger partial charge in [0.25, 0.3) is 0 Å². The molecule has 2 atom stereocenters. The number of ether oxygens (including phenoxy) is 2. The Morgan fingerprint density at radius 2 is 1.74 bits per heavy atom. The lowest BCUT2D eigenvalue weighted by atomic mass is 9.98. The van der Waals surface area contributed by atoms with Crippen LogP contribution in [-0.4, -0.2) is 49.2 Å². The van der Waals surface area contributed by atoms with Crippen LogP contribution < -0.4 is 0 Å². The quantitative estimate of drug-likeness (QED) is 0.368. The summed E-state index contributed by atoms with van der Waals surface area (Å²) < 4.78 is 47.4. The van der Waals surface area contributed by atoms with E-state index in [1.165, 1.54) is 0 Å². The van der Waals surface area contributed by atoms with E-state index in [1.54, 1.807) is 0 Å². The topological polar surface area (TPSA) is 87.5 Å². The van der Waals surface area contributed by atoms with Crippen molar-refractivity contribution < 1.29 is 27.4 Å². The summed E-state index contributed by atoms with van der Waals surface area (Å²) in [4.78, 5) is 16.5. The van der Waals surface area contributed by atoms with Gasteiger partial charge < -0.3 is 9.64 Å². The van der Waals surface area contributed by atoms with Crippen molar-refractivity contribution in [1.29, 1.82) is 0 Å². The Morgan fingerprint density at radius 3 is 2.32 bits per heavy atom. The maximum absolute atomic E-state index is 12.7. The fraction of sp³-hybridized carbons (Fsp3) is 0.381. The molecule has 0 aromatic heterocycles. The van der Waals surface area contributed by atoms with E-state index in [0.717, 1.165) is 27.2 Å². The van der Waals surface area contributed by atoms with Crippen molar-refractivity contribution in [3.63, 3.8) is 0 Å². The van der Waals surface area contributed by atoms with Gasteiger partial charge in [0.1, 0.15) is 6.61 Å². The lowest BCUT2D eigenvalue weighted by Crippen LogP contribution is -2.38. The average molecular weight is 432 g/mol. The van der Waals surface area contributed by atoms with E-state index in [-0.39, 0.29) is 32.0 Å². The van der Waals surface area contributed by atoms with Crippen LogP contribution in [0.4, 0.5) is 18.0 Å². The van der Waals surface area contributed by atoms with Gasteiger partial charge in [-0.3, -0.25) is 4.74 Å². The highest BCUT2D eigenvalue weighted by atomic mass is 19.4. The Balaban J connectivity index is 1.48. The van der Waals surface area contributed by atoms with Crippen LogP contribution in [0.3, 0.4) is 0 Å². The highest BCUT2D eigenvalue weighted by Gasteiger charge is 2.42. The monoisotopic (exact) mass is 432 g/mol. The van der Waals surface area contributed by atoms with Crippen molar-refractivity contribution in [3.8, 4) is 11.1 Å². The van der Waals surface area contributed by atoms with Crippen LogP contribution in [0.25, 0.3) is 21.6 Å². The largest absolute Gasteiger partial charge is 0.522 e. The Morgan fingerprint density at radius 1 is 1.13 bits per heavy atom. The molecule has 7 nitrogen and oxygen atoms in total. The Labute approximate surface area is 176 Å². The molecule has 1 aliphatic carbocycles. The lowest BCUT2D eigenvalue weighted by molar-refractivity contribution is -0.340. The molecular formula is C21H19F3N4O3. The molecule has 2 aromatic rings. The van der Waals surface area contributed by atoms with E-state index in [4.69, 9.17) is 10.3 Å². The van der Waals surface area contributed by atoms with Gasteiger partial charge in [0.2, 0.25) is 0 Å². The third-order valence-corrected chi connectivity index (χ3v) is 5.60. The molecule has 0 spiro atoms. The molecule has 2 aliphatic rings. The fourth-order valence-electron chi connectivity index (χ4n) is 4.35. The second kappa shape index (κ2) is 8.49. The first-order chi connectivity index (χ1) is 14.9. The molecule has 0 N–H and O–H groups in total. The number of halogens is 3. The van der Waals surface area contributed by atoms with Crippen LogP contribution in [0.15, 0.2) is 53.6 Å². The molecular weight excluding hydrogens is 413 g/mol. The molecule has 0 radical (unpaired) electrons. The second-order valence-electron chi connectivity index (χ2n) is 7.44. The zero-order valence-electron chi connectivity index (χ0n) is 16.3. The van der Waals surface area contributed by atoms with Gasteiger partial charge >= 0.3 is 12.5 Å². The highest BCUT2D eigenvalue weighted by Crippen LogP contribution is 2.44. The number of fused-ring (bicyclic) bond motifs is 3. The predicted molar refractivity (Wildman–Crippen MR) is 105 cm³/mol. The Kier molecular flexibility index (Phi) is 5.75. The number of carbonyl (C=O) groups excluding carboxylic acids is 1. The summed E-state index contributed by atoms with van der Waals surface area (Å²) in [5, 5.41) is 3.41. The molecule has 1 amide bonds. The highest BCUT2D eigenvalue weighted by molar-refractivity contribution is 5.79. The normalized spacial score (nSPS) is 20.2. The van der Waals surface area contributed by atoms with Crippen molar-refractivity contribution in [2.45, 2.75) is 30.8 Å². The average Bonchev–Trinajstić information content (AvgIpc) is 3.28. The van der Waals surface area contributed by atoms with E-state index in [1.807, 2.05) is 48.5 Å². The van der Waals surface area contributed by atoms with Gasteiger partial charge in [0.05, 0.1) is 12.6 Å². The van der Waals surface area contributed by atoms with Gasteiger partial charge in [-0.1, -0.05) is 53.6 Å². The summed E-state index contributed by atoms with van der Waals surface area (Å²) in [6, 6.07) is 14.9. The predicted octanol–water partition coefficient (Wildman–Crippen LogP) is 5.23. The molecule has 2 aromatic carbocycles. The van der Waals surface area contributed by atoms with Gasteiger partial charge in [0, 0.05) is 23.4 Å². The molecule has 0 bridgehead atoms. The van der Waals surface area contributed by atoms with Crippen LogP contribution in [0, 0.1) is 0 Å². The summed E-state index contributed by atoms with van der Waals surface area (Å²) >= 11 is 0. The van der Waals surface area contributed by atoms with E-state index in [0.29, 0.717) is 0 Å². The Hall–Kier alpha value is -3.23. The van der Waals surface area contributed by atoms with Crippen LogP contribution >= 0.6 is 0 Å². The first kappa shape index (κ1) is 21.0. The van der Waals surface area contributed by atoms with Gasteiger partial charge in [-0.25, -0.2) is 4.79 Å². The van der Waals surface area contributed by atoms with Gasteiger partial charge in [-0.2, -0.15) is 0 Å². The van der Waals surface area contributed by atoms with Crippen molar-refractivity contribution in [1.82, 2.24) is 4.90 Å². The third-order valence-electron chi connectivity index (χ3n) is 5.60. The summed E-state index contributed by atoms with van der Waals surface area (Å²) in [6.45, 7) is -0.400. The Bertz CT molecular complexity index is 977. The fourth-order valence-corrected chi connectivity index (χ4v) is 4.35. The molecule has 1 heterocycles. The zero-order chi connectivity index (χ0) is 22.0. The smallest absolute Gasteiger partial charge is 0.448 e. The molecule has 31 heavy (non-hydrogen) atoms. The van der Waals surface area contributed by atoms with Crippen LogP contribution in [0.2, 0.25) is 0 Å². The first-order valence-corrected chi connectivity index (χ1v) is 9.74.